The van der Waals surface area contributed by atoms with E-state index in [1.807, 2.05) is 32.0 Å². The zero-order chi connectivity index (χ0) is 16.1. The van der Waals surface area contributed by atoms with Gasteiger partial charge in [-0.05, 0) is 43.2 Å². The second-order valence-electron chi connectivity index (χ2n) is 5.05. The molecule has 6 nitrogen and oxygen atoms in total. The lowest BCUT2D eigenvalue weighted by molar-refractivity contribution is -0.383. The summed E-state index contributed by atoms with van der Waals surface area (Å²) in [6.07, 6.45) is 0. The van der Waals surface area contributed by atoms with Gasteiger partial charge >= 0.3 is 0 Å². The molecule has 0 aliphatic heterocycles. The zero-order valence-corrected chi connectivity index (χ0v) is 12.4. The number of nitro benzene ring substituents is 1. The highest BCUT2D eigenvalue weighted by molar-refractivity contribution is 5.94. The van der Waals surface area contributed by atoms with Crippen molar-refractivity contribution < 1.29 is 9.72 Å². The number of hydrogen-bond donors (Lipinski definition) is 2. The second kappa shape index (κ2) is 6.71. The fourth-order valence-corrected chi connectivity index (χ4v) is 2.21. The van der Waals surface area contributed by atoms with Crippen molar-refractivity contribution in [2.24, 2.45) is 0 Å². The molecule has 0 saturated heterocycles. The molecule has 0 radical (unpaired) electrons. The van der Waals surface area contributed by atoms with E-state index in [2.05, 4.69) is 10.6 Å². The number of hydrogen-bond acceptors (Lipinski definition) is 4. The summed E-state index contributed by atoms with van der Waals surface area (Å²) < 4.78 is 0. The minimum absolute atomic E-state index is 0.0438. The topological polar surface area (TPSA) is 84.3 Å². The van der Waals surface area contributed by atoms with Crippen LogP contribution in [0.15, 0.2) is 42.5 Å². The van der Waals surface area contributed by atoms with Crippen molar-refractivity contribution in [1.82, 2.24) is 0 Å². The van der Waals surface area contributed by atoms with Gasteiger partial charge in [-0.15, -0.1) is 0 Å². The van der Waals surface area contributed by atoms with E-state index in [4.69, 9.17) is 0 Å². The van der Waals surface area contributed by atoms with E-state index in [1.165, 1.54) is 6.07 Å². The van der Waals surface area contributed by atoms with Gasteiger partial charge in [0.1, 0.15) is 5.69 Å². The first kappa shape index (κ1) is 15.5. The Kier molecular flexibility index (Phi) is 4.73. The number of benzene rings is 2. The van der Waals surface area contributed by atoms with E-state index in [0.29, 0.717) is 11.4 Å². The Labute approximate surface area is 128 Å². The molecule has 2 aromatic rings. The second-order valence-corrected chi connectivity index (χ2v) is 5.05. The molecule has 22 heavy (non-hydrogen) atoms. The van der Waals surface area contributed by atoms with Crippen LogP contribution in [0, 0.1) is 24.0 Å². The maximum absolute atomic E-state index is 11.9. The third-order valence-corrected chi connectivity index (χ3v) is 3.05. The number of nitro groups is 1. The van der Waals surface area contributed by atoms with E-state index in [0.717, 1.165) is 11.1 Å². The number of nitrogens with zero attached hydrogens (tertiary/aromatic N) is 1. The highest BCUT2D eigenvalue weighted by atomic mass is 16.6. The van der Waals surface area contributed by atoms with Gasteiger partial charge in [0.05, 0.1) is 11.5 Å². The van der Waals surface area contributed by atoms with Crippen LogP contribution in [0.1, 0.15) is 11.1 Å². The first-order valence-electron chi connectivity index (χ1n) is 6.81. The number of aryl methyl sites for hydroxylation is 2. The van der Waals surface area contributed by atoms with E-state index >= 15 is 0 Å². The van der Waals surface area contributed by atoms with Crippen LogP contribution in [0.2, 0.25) is 0 Å². The molecule has 0 heterocycles. The van der Waals surface area contributed by atoms with Crippen molar-refractivity contribution in [3.8, 4) is 0 Å². The maximum Gasteiger partial charge on any atom is 0.292 e. The van der Waals surface area contributed by atoms with Crippen LogP contribution >= 0.6 is 0 Å². The summed E-state index contributed by atoms with van der Waals surface area (Å²) in [6, 6.07) is 12.0. The molecule has 0 unspecified atom stereocenters. The monoisotopic (exact) mass is 299 g/mol. The van der Waals surface area contributed by atoms with Gasteiger partial charge in [-0.3, -0.25) is 14.9 Å². The first-order valence-corrected chi connectivity index (χ1v) is 6.81. The Bertz CT molecular complexity index is 693. The molecule has 0 fully saturated rings. The van der Waals surface area contributed by atoms with Crippen LogP contribution < -0.4 is 10.6 Å². The number of nitrogens with one attached hydrogen (secondary N) is 2. The van der Waals surface area contributed by atoms with Gasteiger partial charge in [0.15, 0.2) is 0 Å². The van der Waals surface area contributed by atoms with Crippen molar-refractivity contribution in [2.75, 3.05) is 17.2 Å². The van der Waals surface area contributed by atoms with Crippen LogP contribution in [0.4, 0.5) is 17.1 Å². The number of anilines is 2. The minimum Gasteiger partial charge on any atom is -0.371 e. The molecule has 0 atom stereocenters. The average Bonchev–Trinajstić information content (AvgIpc) is 2.44. The van der Waals surface area contributed by atoms with Crippen LogP contribution in [0.25, 0.3) is 0 Å². The SMILES string of the molecule is Cc1cc(C)cc(NC(=O)CNc2ccccc2[N+](=O)[O-])c1. The molecule has 1 amide bonds. The Balaban J connectivity index is 2.00. The van der Waals surface area contributed by atoms with E-state index < -0.39 is 4.92 Å². The molecular weight excluding hydrogens is 282 g/mol. The lowest BCUT2D eigenvalue weighted by Gasteiger charge is -2.09. The Morgan fingerprint density at radius 3 is 2.41 bits per heavy atom. The minimum atomic E-state index is -0.482. The quantitative estimate of drug-likeness (QED) is 0.655. The van der Waals surface area contributed by atoms with Gasteiger partial charge < -0.3 is 10.6 Å². The molecule has 114 valence electrons. The van der Waals surface area contributed by atoms with Gasteiger partial charge in [-0.25, -0.2) is 0 Å². The van der Waals surface area contributed by atoms with Gasteiger partial charge in [0.2, 0.25) is 5.91 Å². The number of carbonyl (C=O) groups excluding carboxylic acids is 1. The van der Waals surface area contributed by atoms with Gasteiger partial charge in [-0.1, -0.05) is 18.2 Å². The number of amides is 1. The van der Waals surface area contributed by atoms with Crippen molar-refractivity contribution in [3.63, 3.8) is 0 Å². The van der Waals surface area contributed by atoms with Crippen LogP contribution in [0.3, 0.4) is 0 Å². The molecule has 0 saturated carbocycles. The fraction of sp³-hybridized carbons (Fsp3) is 0.188. The number of carbonyl (C=O) groups is 1. The molecule has 2 rings (SSSR count). The summed E-state index contributed by atoms with van der Waals surface area (Å²) >= 11 is 0. The molecule has 0 bridgehead atoms. The zero-order valence-electron chi connectivity index (χ0n) is 12.4. The van der Waals surface area contributed by atoms with Gasteiger partial charge in [0, 0.05) is 11.8 Å². The van der Waals surface area contributed by atoms with Crippen molar-refractivity contribution in [3.05, 3.63) is 63.7 Å². The number of rotatable bonds is 5. The summed E-state index contributed by atoms with van der Waals surface area (Å²) in [5.41, 5.74) is 3.10. The highest BCUT2D eigenvalue weighted by Gasteiger charge is 2.13. The average molecular weight is 299 g/mol. The van der Waals surface area contributed by atoms with Gasteiger partial charge in [-0.2, -0.15) is 0 Å². The smallest absolute Gasteiger partial charge is 0.292 e. The normalized spacial score (nSPS) is 10.1. The van der Waals surface area contributed by atoms with Crippen LogP contribution in [-0.2, 0) is 4.79 Å². The third-order valence-electron chi connectivity index (χ3n) is 3.05. The van der Waals surface area contributed by atoms with Crippen LogP contribution in [-0.4, -0.2) is 17.4 Å². The molecule has 6 heteroatoms. The predicted molar refractivity (Wildman–Crippen MR) is 86.1 cm³/mol. The molecule has 0 spiro atoms. The lowest BCUT2D eigenvalue weighted by Crippen LogP contribution is -2.22. The van der Waals surface area contributed by atoms with Crippen molar-refractivity contribution >= 4 is 23.0 Å². The standard InChI is InChI=1S/C16H17N3O3/c1-11-7-12(2)9-13(8-11)18-16(20)10-17-14-5-3-4-6-15(14)19(21)22/h3-9,17H,10H2,1-2H3,(H,18,20). The Morgan fingerprint density at radius 1 is 1.14 bits per heavy atom. The summed E-state index contributed by atoms with van der Waals surface area (Å²) in [7, 11) is 0. The Hall–Kier alpha value is -2.89. The lowest BCUT2D eigenvalue weighted by atomic mass is 10.1. The maximum atomic E-state index is 11.9. The van der Waals surface area contributed by atoms with Crippen LogP contribution in [0.5, 0.6) is 0 Å². The molecule has 2 aromatic carbocycles. The summed E-state index contributed by atoms with van der Waals surface area (Å²) in [5, 5.41) is 16.5. The van der Waals surface area contributed by atoms with Gasteiger partial charge in [0.25, 0.3) is 5.69 Å². The highest BCUT2D eigenvalue weighted by Crippen LogP contribution is 2.22. The number of para-hydroxylation sites is 2. The van der Waals surface area contributed by atoms with Crippen molar-refractivity contribution in [2.45, 2.75) is 13.8 Å². The van der Waals surface area contributed by atoms with E-state index in [9.17, 15) is 14.9 Å². The molecule has 0 aliphatic carbocycles. The summed E-state index contributed by atoms with van der Waals surface area (Å²) in [4.78, 5) is 22.4. The molecule has 0 aromatic heterocycles. The largest absolute Gasteiger partial charge is 0.371 e. The molecular formula is C16H17N3O3. The summed E-state index contributed by atoms with van der Waals surface area (Å²) in [6.45, 7) is 3.86. The summed E-state index contributed by atoms with van der Waals surface area (Å²) in [5.74, 6) is -0.261. The Morgan fingerprint density at radius 2 is 1.77 bits per heavy atom. The fourth-order valence-electron chi connectivity index (χ4n) is 2.21. The molecule has 0 aliphatic rings. The predicted octanol–water partition coefficient (Wildman–Crippen LogP) is 3.26. The van der Waals surface area contributed by atoms with Crippen molar-refractivity contribution in [1.29, 1.82) is 0 Å². The van der Waals surface area contributed by atoms with E-state index in [1.54, 1.807) is 18.2 Å². The van der Waals surface area contributed by atoms with E-state index in [-0.39, 0.29) is 18.1 Å². The molecule has 2 N–H and O–H groups in total. The first-order chi connectivity index (χ1) is 10.5. The third kappa shape index (κ3) is 4.05.